The summed E-state index contributed by atoms with van der Waals surface area (Å²) in [5.41, 5.74) is 0.252. The second-order valence-corrected chi connectivity index (χ2v) is 7.98. The number of sulfonamides is 1. The van der Waals surface area contributed by atoms with E-state index in [1.807, 2.05) is 0 Å². The van der Waals surface area contributed by atoms with Crippen molar-refractivity contribution in [1.29, 1.82) is 0 Å². The first kappa shape index (κ1) is 24.0. The largest absolute Gasteiger partial charge is 0.458 e. The van der Waals surface area contributed by atoms with E-state index in [1.54, 1.807) is 6.92 Å². The monoisotopic (exact) mass is 425 g/mol. The Hall–Kier alpha value is -3.01. The molecule has 1 unspecified atom stereocenters. The highest BCUT2D eigenvalue weighted by molar-refractivity contribution is 7.90. The lowest BCUT2D eigenvalue weighted by Gasteiger charge is -2.16. The molecule has 0 spiro atoms. The molecule has 10 heteroatoms. The zero-order valence-corrected chi connectivity index (χ0v) is 17.2. The summed E-state index contributed by atoms with van der Waals surface area (Å²) in [5.74, 6) is -2.22. The molecule has 0 aliphatic rings. The summed E-state index contributed by atoms with van der Waals surface area (Å²) < 4.78 is 35.0. The maximum absolute atomic E-state index is 12.4. The maximum Gasteiger partial charge on any atom is 0.338 e. The van der Waals surface area contributed by atoms with Gasteiger partial charge >= 0.3 is 11.9 Å². The van der Waals surface area contributed by atoms with Crippen LogP contribution in [-0.2, 0) is 33.9 Å². The summed E-state index contributed by atoms with van der Waals surface area (Å²) in [6.45, 7) is 7.93. The van der Waals surface area contributed by atoms with Crippen molar-refractivity contribution in [3.05, 3.63) is 42.0 Å². The van der Waals surface area contributed by atoms with Crippen molar-refractivity contribution in [1.82, 2.24) is 4.31 Å². The Balaban J connectivity index is 2.83. The topological polar surface area (TPSA) is 124 Å². The Kier molecular flexibility index (Phi) is 8.71. The fraction of sp³-hybridized carbons (Fsp3) is 0.368. The number of ether oxygens (including phenoxy) is 2. The average Bonchev–Trinajstić information content (AvgIpc) is 2.66. The Morgan fingerprint density at radius 1 is 1.21 bits per heavy atom. The molecular formula is C19H23NO8S. The molecule has 2 amide bonds. The summed E-state index contributed by atoms with van der Waals surface area (Å²) in [7, 11) is -4.36. The van der Waals surface area contributed by atoms with Crippen molar-refractivity contribution < 1.29 is 37.1 Å². The van der Waals surface area contributed by atoms with Gasteiger partial charge in [-0.2, -0.15) is 4.31 Å². The predicted octanol–water partition coefficient (Wildman–Crippen LogP) is 1.82. The standard InChI is InChI=1S/C19H23NO8S/c1-5-6-17(22)20(12-21)29(25,26)16-9-7-15(8-10-16)19(24)27-11-14(4)28-18(23)13(2)3/h7-10,12,14H,2,5-6,11H2,1,3-4H3. The SMILES string of the molecule is C=C(C)C(=O)OC(C)COC(=O)c1ccc(S(=O)(=O)N(C=O)C(=O)CCC)cc1. The van der Waals surface area contributed by atoms with Crippen LogP contribution < -0.4 is 0 Å². The molecule has 0 saturated carbocycles. The van der Waals surface area contributed by atoms with E-state index in [9.17, 15) is 27.6 Å². The van der Waals surface area contributed by atoms with Crippen molar-refractivity contribution in [2.75, 3.05) is 6.61 Å². The van der Waals surface area contributed by atoms with Crippen LogP contribution in [0.1, 0.15) is 44.0 Å². The van der Waals surface area contributed by atoms with E-state index in [4.69, 9.17) is 9.47 Å². The molecule has 0 radical (unpaired) electrons. The highest BCUT2D eigenvalue weighted by Crippen LogP contribution is 2.17. The van der Waals surface area contributed by atoms with E-state index >= 15 is 0 Å². The Morgan fingerprint density at radius 3 is 2.28 bits per heavy atom. The average molecular weight is 425 g/mol. The van der Waals surface area contributed by atoms with Gasteiger partial charge in [0.2, 0.25) is 12.3 Å². The third-order valence-corrected chi connectivity index (χ3v) is 5.23. The molecule has 158 valence electrons. The first-order valence-electron chi connectivity index (χ1n) is 8.70. The molecule has 0 saturated heterocycles. The molecule has 9 nitrogen and oxygen atoms in total. The lowest BCUT2D eigenvalue weighted by Crippen LogP contribution is -2.35. The van der Waals surface area contributed by atoms with E-state index in [2.05, 4.69) is 6.58 Å². The number of rotatable bonds is 10. The fourth-order valence-electron chi connectivity index (χ4n) is 2.04. The second-order valence-electron chi connectivity index (χ2n) is 6.17. The lowest BCUT2D eigenvalue weighted by molar-refractivity contribution is -0.145. The van der Waals surface area contributed by atoms with Crippen LogP contribution in [0.15, 0.2) is 41.3 Å². The Bertz CT molecular complexity index is 889. The molecular weight excluding hydrogens is 402 g/mol. The van der Waals surface area contributed by atoms with Crippen molar-refractivity contribution in [3.8, 4) is 0 Å². The molecule has 0 fully saturated rings. The predicted molar refractivity (Wildman–Crippen MR) is 102 cm³/mol. The van der Waals surface area contributed by atoms with Gasteiger partial charge in [0.15, 0.2) is 0 Å². The first-order chi connectivity index (χ1) is 13.5. The number of hydrogen-bond donors (Lipinski definition) is 0. The van der Waals surface area contributed by atoms with Crippen LogP contribution in [0.5, 0.6) is 0 Å². The smallest absolute Gasteiger partial charge is 0.338 e. The van der Waals surface area contributed by atoms with Gasteiger partial charge < -0.3 is 9.47 Å². The highest BCUT2D eigenvalue weighted by atomic mass is 32.2. The van der Waals surface area contributed by atoms with Gasteiger partial charge in [0.1, 0.15) is 12.7 Å². The van der Waals surface area contributed by atoms with Gasteiger partial charge in [-0.05, 0) is 44.5 Å². The number of hydrogen-bond acceptors (Lipinski definition) is 8. The third kappa shape index (κ3) is 6.53. The molecule has 0 aromatic heterocycles. The van der Waals surface area contributed by atoms with Crippen molar-refractivity contribution >= 4 is 34.3 Å². The minimum atomic E-state index is -4.36. The minimum Gasteiger partial charge on any atom is -0.458 e. The van der Waals surface area contributed by atoms with E-state index in [0.29, 0.717) is 6.42 Å². The quantitative estimate of drug-likeness (QED) is 0.316. The summed E-state index contributed by atoms with van der Waals surface area (Å²) in [6.07, 6.45) is -0.475. The molecule has 0 heterocycles. The normalized spacial score (nSPS) is 11.8. The van der Waals surface area contributed by atoms with Gasteiger partial charge in [-0.3, -0.25) is 9.59 Å². The van der Waals surface area contributed by atoms with Crippen LogP contribution in [0.3, 0.4) is 0 Å². The number of amides is 2. The van der Waals surface area contributed by atoms with Gasteiger partial charge in [0.25, 0.3) is 10.0 Å². The molecule has 1 rings (SSSR count). The van der Waals surface area contributed by atoms with Crippen LogP contribution in [-0.4, -0.2) is 49.7 Å². The minimum absolute atomic E-state index is 0.0416. The Morgan fingerprint density at radius 2 is 1.79 bits per heavy atom. The van der Waals surface area contributed by atoms with Crippen molar-refractivity contribution in [2.45, 2.75) is 44.6 Å². The van der Waals surface area contributed by atoms with E-state index in [0.717, 1.165) is 12.1 Å². The number of carbonyl (C=O) groups is 4. The van der Waals surface area contributed by atoms with E-state index < -0.39 is 34.0 Å². The number of carbonyl (C=O) groups excluding carboxylic acids is 4. The van der Waals surface area contributed by atoms with Crippen LogP contribution in [0.4, 0.5) is 0 Å². The molecule has 0 N–H and O–H groups in total. The van der Waals surface area contributed by atoms with Gasteiger partial charge in [0.05, 0.1) is 10.5 Å². The van der Waals surface area contributed by atoms with Crippen molar-refractivity contribution in [3.63, 3.8) is 0 Å². The Labute approximate surface area is 169 Å². The summed E-state index contributed by atoms with van der Waals surface area (Å²) >= 11 is 0. The third-order valence-electron chi connectivity index (χ3n) is 3.56. The molecule has 1 aromatic carbocycles. The van der Waals surface area contributed by atoms with Gasteiger partial charge in [0, 0.05) is 12.0 Å². The maximum atomic E-state index is 12.4. The van der Waals surface area contributed by atoms with Gasteiger partial charge in [-0.1, -0.05) is 13.5 Å². The number of imide groups is 1. The van der Waals surface area contributed by atoms with E-state index in [1.165, 1.54) is 26.0 Å². The first-order valence-corrected chi connectivity index (χ1v) is 10.1. The summed E-state index contributed by atoms with van der Waals surface area (Å²) in [6, 6.07) is 4.55. The summed E-state index contributed by atoms with van der Waals surface area (Å²) in [4.78, 5) is 46.1. The van der Waals surface area contributed by atoms with Crippen LogP contribution in [0.25, 0.3) is 0 Å². The molecule has 29 heavy (non-hydrogen) atoms. The molecule has 0 aliphatic carbocycles. The number of esters is 2. The lowest BCUT2D eigenvalue weighted by atomic mass is 10.2. The van der Waals surface area contributed by atoms with Crippen LogP contribution in [0.2, 0.25) is 0 Å². The molecule has 0 bridgehead atoms. The van der Waals surface area contributed by atoms with E-state index in [-0.39, 0.29) is 39.8 Å². The zero-order valence-electron chi connectivity index (χ0n) is 16.4. The molecule has 1 atom stereocenters. The van der Waals surface area contributed by atoms with Gasteiger partial charge in [-0.25, -0.2) is 18.0 Å². The van der Waals surface area contributed by atoms with Gasteiger partial charge in [-0.15, -0.1) is 0 Å². The van der Waals surface area contributed by atoms with Crippen molar-refractivity contribution in [2.24, 2.45) is 0 Å². The summed E-state index contributed by atoms with van der Waals surface area (Å²) in [5, 5.41) is 0. The van der Waals surface area contributed by atoms with Crippen LogP contribution >= 0.6 is 0 Å². The second kappa shape index (κ2) is 10.5. The highest BCUT2D eigenvalue weighted by Gasteiger charge is 2.28. The number of nitrogens with zero attached hydrogens (tertiary/aromatic N) is 1. The molecule has 1 aromatic rings. The fourth-order valence-corrected chi connectivity index (χ4v) is 3.22. The molecule has 0 aliphatic heterocycles. The zero-order chi connectivity index (χ0) is 22.2. The van der Waals surface area contributed by atoms with Crippen LogP contribution in [0, 0.1) is 0 Å². The number of benzene rings is 1.